The normalized spacial score (nSPS) is 19.9. The molecule has 1 N–H and O–H groups in total. The Morgan fingerprint density at radius 1 is 1.09 bits per heavy atom. The number of hydrogen-bond donors (Lipinski definition) is 1. The van der Waals surface area contributed by atoms with Gasteiger partial charge >= 0.3 is 5.97 Å². The predicted octanol–water partition coefficient (Wildman–Crippen LogP) is 2.53. The third kappa shape index (κ3) is 2.90. The fourth-order valence-electron chi connectivity index (χ4n) is 2.55. The molecule has 0 saturated carbocycles. The summed E-state index contributed by atoms with van der Waals surface area (Å²) in [6, 6.07) is 3.62. The summed E-state index contributed by atoms with van der Waals surface area (Å²) in [7, 11) is 6.02. The third-order valence-corrected chi connectivity index (χ3v) is 3.90. The van der Waals surface area contributed by atoms with Crippen molar-refractivity contribution in [1.82, 2.24) is 0 Å². The first-order valence-corrected chi connectivity index (χ1v) is 7.00. The first-order chi connectivity index (χ1) is 11.0. The number of benzene rings is 1. The van der Waals surface area contributed by atoms with Crippen LogP contribution in [-0.2, 0) is 9.53 Å². The van der Waals surface area contributed by atoms with Gasteiger partial charge in [-0.25, -0.2) is 4.79 Å². The van der Waals surface area contributed by atoms with E-state index >= 15 is 0 Å². The average Bonchev–Trinajstić information content (AvgIpc) is 2.60. The molecular weight excluding hydrogens is 300 g/mol. The van der Waals surface area contributed by atoms with Gasteiger partial charge in [0.25, 0.3) is 0 Å². The monoisotopic (exact) mass is 320 g/mol. The lowest BCUT2D eigenvalue weighted by atomic mass is 9.89. The standard InChI is InChI=1S/C17H20O6/c1-20-13-6-5-12(14(21-2)15(13)22-3)11-7-9-17(23-4,10-8-11)16(18)19/h5-9H,10H2,1-4H3,(H,18,19). The van der Waals surface area contributed by atoms with E-state index < -0.39 is 11.6 Å². The number of rotatable bonds is 6. The third-order valence-electron chi connectivity index (χ3n) is 3.90. The lowest BCUT2D eigenvalue weighted by Gasteiger charge is -2.27. The number of carboxylic acid groups (broad SMARTS) is 1. The van der Waals surface area contributed by atoms with E-state index in [0.717, 1.165) is 11.1 Å². The Morgan fingerprint density at radius 2 is 1.78 bits per heavy atom. The highest BCUT2D eigenvalue weighted by Crippen LogP contribution is 2.43. The van der Waals surface area contributed by atoms with Crippen LogP contribution in [0.15, 0.2) is 30.4 Å². The summed E-state index contributed by atoms with van der Waals surface area (Å²) in [6.07, 6.45) is 5.29. The second-order valence-corrected chi connectivity index (χ2v) is 4.98. The van der Waals surface area contributed by atoms with Crippen molar-refractivity contribution in [3.8, 4) is 17.2 Å². The maximum Gasteiger partial charge on any atom is 0.340 e. The van der Waals surface area contributed by atoms with Gasteiger partial charge < -0.3 is 24.1 Å². The maximum absolute atomic E-state index is 11.4. The zero-order valence-electron chi connectivity index (χ0n) is 13.6. The minimum atomic E-state index is -1.33. The van der Waals surface area contributed by atoms with E-state index in [0.29, 0.717) is 17.2 Å². The van der Waals surface area contributed by atoms with Crippen molar-refractivity contribution < 1.29 is 28.8 Å². The van der Waals surface area contributed by atoms with Gasteiger partial charge in [-0.2, -0.15) is 0 Å². The van der Waals surface area contributed by atoms with Gasteiger partial charge in [-0.15, -0.1) is 0 Å². The van der Waals surface area contributed by atoms with Crippen molar-refractivity contribution in [2.24, 2.45) is 0 Å². The largest absolute Gasteiger partial charge is 0.493 e. The lowest BCUT2D eigenvalue weighted by molar-refractivity contribution is -0.156. The highest BCUT2D eigenvalue weighted by atomic mass is 16.5. The van der Waals surface area contributed by atoms with Gasteiger partial charge in [0.15, 0.2) is 17.1 Å². The van der Waals surface area contributed by atoms with Crippen molar-refractivity contribution >= 4 is 11.5 Å². The lowest BCUT2D eigenvalue weighted by Crippen LogP contribution is -2.39. The molecule has 124 valence electrons. The van der Waals surface area contributed by atoms with E-state index in [1.807, 2.05) is 6.07 Å². The number of hydrogen-bond acceptors (Lipinski definition) is 5. The molecule has 0 bridgehead atoms. The van der Waals surface area contributed by atoms with E-state index in [9.17, 15) is 9.90 Å². The zero-order valence-corrected chi connectivity index (χ0v) is 13.6. The summed E-state index contributed by atoms with van der Waals surface area (Å²) in [5.41, 5.74) is 0.293. The van der Waals surface area contributed by atoms with Crippen LogP contribution in [0.2, 0.25) is 0 Å². The zero-order chi connectivity index (χ0) is 17.0. The molecule has 0 aromatic heterocycles. The fourth-order valence-corrected chi connectivity index (χ4v) is 2.55. The second-order valence-electron chi connectivity index (χ2n) is 4.98. The van der Waals surface area contributed by atoms with E-state index in [4.69, 9.17) is 18.9 Å². The quantitative estimate of drug-likeness (QED) is 0.868. The molecule has 0 saturated heterocycles. The Morgan fingerprint density at radius 3 is 2.22 bits per heavy atom. The minimum absolute atomic E-state index is 0.224. The van der Waals surface area contributed by atoms with E-state index in [1.165, 1.54) is 14.2 Å². The molecule has 0 fully saturated rings. The van der Waals surface area contributed by atoms with Crippen LogP contribution in [0.25, 0.3) is 5.57 Å². The summed E-state index contributed by atoms with van der Waals surface area (Å²) in [4.78, 5) is 11.4. The van der Waals surface area contributed by atoms with Crippen LogP contribution < -0.4 is 14.2 Å². The first kappa shape index (κ1) is 16.9. The number of carbonyl (C=O) groups is 1. The molecule has 1 unspecified atom stereocenters. The van der Waals surface area contributed by atoms with Gasteiger partial charge in [-0.1, -0.05) is 12.2 Å². The topological polar surface area (TPSA) is 74.2 Å². The fraction of sp³-hybridized carbons (Fsp3) is 0.353. The van der Waals surface area contributed by atoms with Crippen molar-refractivity contribution in [3.63, 3.8) is 0 Å². The highest BCUT2D eigenvalue weighted by Gasteiger charge is 2.37. The molecule has 0 amide bonds. The Labute approximate surface area is 134 Å². The van der Waals surface area contributed by atoms with Crippen LogP contribution in [0.3, 0.4) is 0 Å². The van der Waals surface area contributed by atoms with Crippen LogP contribution in [-0.4, -0.2) is 45.1 Å². The Hall–Kier alpha value is -2.47. The predicted molar refractivity (Wildman–Crippen MR) is 85.2 cm³/mol. The van der Waals surface area contributed by atoms with E-state index in [2.05, 4.69) is 0 Å². The molecule has 2 rings (SSSR count). The number of carboxylic acids is 1. The van der Waals surface area contributed by atoms with Crippen molar-refractivity contribution in [2.45, 2.75) is 12.0 Å². The highest BCUT2D eigenvalue weighted by molar-refractivity contribution is 5.87. The van der Waals surface area contributed by atoms with Crippen molar-refractivity contribution in [1.29, 1.82) is 0 Å². The van der Waals surface area contributed by atoms with Gasteiger partial charge in [0.2, 0.25) is 5.75 Å². The molecule has 0 aliphatic heterocycles. The molecule has 1 atom stereocenters. The Kier molecular flexibility index (Phi) is 4.95. The van der Waals surface area contributed by atoms with E-state index in [-0.39, 0.29) is 6.42 Å². The van der Waals surface area contributed by atoms with Crippen LogP contribution in [0.4, 0.5) is 0 Å². The molecule has 6 nitrogen and oxygen atoms in total. The summed E-state index contributed by atoms with van der Waals surface area (Å²) >= 11 is 0. The van der Waals surface area contributed by atoms with Crippen LogP contribution in [0, 0.1) is 0 Å². The van der Waals surface area contributed by atoms with Gasteiger partial charge in [0.05, 0.1) is 21.3 Å². The number of allylic oxidation sites excluding steroid dienone is 2. The van der Waals surface area contributed by atoms with Gasteiger partial charge in [-0.05, 0) is 23.8 Å². The van der Waals surface area contributed by atoms with Gasteiger partial charge in [-0.3, -0.25) is 0 Å². The molecule has 0 spiro atoms. The molecule has 6 heteroatoms. The molecule has 1 aliphatic rings. The van der Waals surface area contributed by atoms with E-state index in [1.54, 1.807) is 38.5 Å². The molecule has 0 radical (unpaired) electrons. The Bertz CT molecular complexity index is 661. The van der Waals surface area contributed by atoms with Crippen molar-refractivity contribution in [2.75, 3.05) is 28.4 Å². The van der Waals surface area contributed by atoms with Gasteiger partial charge in [0, 0.05) is 19.1 Å². The molecular formula is C17H20O6. The molecule has 1 aromatic carbocycles. The van der Waals surface area contributed by atoms with Crippen molar-refractivity contribution in [3.05, 3.63) is 35.9 Å². The summed E-state index contributed by atoms with van der Waals surface area (Å²) in [5, 5.41) is 9.33. The van der Waals surface area contributed by atoms with Crippen LogP contribution >= 0.6 is 0 Å². The SMILES string of the molecule is COc1ccc(C2=CCC(OC)(C(=O)O)C=C2)c(OC)c1OC. The second kappa shape index (κ2) is 6.75. The number of aliphatic carboxylic acids is 1. The first-order valence-electron chi connectivity index (χ1n) is 7.00. The maximum atomic E-state index is 11.4. The smallest absolute Gasteiger partial charge is 0.340 e. The summed E-state index contributed by atoms with van der Waals surface area (Å²) in [6.45, 7) is 0. The average molecular weight is 320 g/mol. The number of methoxy groups -OCH3 is 4. The molecule has 1 aromatic rings. The minimum Gasteiger partial charge on any atom is -0.493 e. The van der Waals surface area contributed by atoms with Gasteiger partial charge in [0.1, 0.15) is 0 Å². The summed E-state index contributed by atoms with van der Waals surface area (Å²) in [5.74, 6) is 0.558. The number of ether oxygens (including phenoxy) is 4. The Balaban J connectivity index is 2.45. The molecule has 1 aliphatic carbocycles. The summed E-state index contributed by atoms with van der Waals surface area (Å²) < 4.78 is 21.2. The van der Waals surface area contributed by atoms with Crippen LogP contribution in [0.1, 0.15) is 12.0 Å². The van der Waals surface area contributed by atoms with Crippen LogP contribution in [0.5, 0.6) is 17.2 Å². The molecule has 23 heavy (non-hydrogen) atoms. The molecule has 0 heterocycles.